The molecule has 2 aliphatic heterocycles. The molecule has 0 saturated carbocycles. The predicted octanol–water partition coefficient (Wildman–Crippen LogP) is 2.25. The number of likely N-dealkylation sites (tertiary alicyclic amines) is 1. The van der Waals surface area contributed by atoms with Crippen LogP contribution < -0.4 is 0 Å². The van der Waals surface area contributed by atoms with Crippen LogP contribution in [0.1, 0.15) is 26.2 Å². The highest BCUT2D eigenvalue weighted by molar-refractivity contribution is 5.52. The van der Waals surface area contributed by atoms with E-state index in [0.29, 0.717) is 17.9 Å². The Kier molecular flexibility index (Phi) is 2.27. The highest BCUT2D eigenvalue weighted by Crippen LogP contribution is 2.65. The second kappa shape index (κ2) is 3.82. The number of ether oxygens (including phenoxy) is 1. The van der Waals surface area contributed by atoms with Crippen LogP contribution in [0.5, 0.6) is 0 Å². The first-order valence-corrected chi connectivity index (χ1v) is 8.30. The molecule has 0 aromatic rings. The molecule has 0 radical (unpaired) electrons. The van der Waals surface area contributed by atoms with Crippen molar-refractivity contribution in [3.63, 3.8) is 0 Å². The monoisotopic (exact) mass is 285 g/mol. The van der Waals surface area contributed by atoms with E-state index in [4.69, 9.17) is 4.74 Å². The number of aliphatic hydroxyl groups excluding tert-OH is 1. The van der Waals surface area contributed by atoms with Crippen molar-refractivity contribution in [2.45, 2.75) is 44.4 Å². The second-order valence-corrected chi connectivity index (χ2v) is 7.59. The van der Waals surface area contributed by atoms with E-state index in [-0.39, 0.29) is 11.5 Å². The van der Waals surface area contributed by atoms with Crippen molar-refractivity contribution in [2.24, 2.45) is 17.3 Å². The smallest absolute Gasteiger partial charge is 0.138 e. The minimum atomic E-state index is -0.459. The van der Waals surface area contributed by atoms with Crippen LogP contribution in [0, 0.1) is 17.3 Å². The Balaban J connectivity index is 1.80. The van der Waals surface area contributed by atoms with Crippen LogP contribution in [-0.4, -0.2) is 41.8 Å². The van der Waals surface area contributed by atoms with E-state index in [1.54, 1.807) is 5.57 Å². The molecule has 2 heterocycles. The van der Waals surface area contributed by atoms with Gasteiger partial charge < -0.3 is 14.7 Å². The minimum absolute atomic E-state index is 0.0411. The van der Waals surface area contributed by atoms with Gasteiger partial charge in [-0.15, -0.1) is 0 Å². The van der Waals surface area contributed by atoms with Gasteiger partial charge in [0.05, 0.1) is 0 Å². The zero-order valence-electron chi connectivity index (χ0n) is 12.7. The summed E-state index contributed by atoms with van der Waals surface area (Å²) in [5.74, 6) is 2.23. The van der Waals surface area contributed by atoms with Crippen LogP contribution in [0.2, 0.25) is 0 Å². The lowest BCUT2D eigenvalue weighted by Gasteiger charge is -2.57. The van der Waals surface area contributed by atoms with E-state index in [1.807, 2.05) is 6.08 Å². The molecule has 1 N–H and O–H groups in total. The highest BCUT2D eigenvalue weighted by atomic mass is 16.5. The normalized spacial score (nSPS) is 50.6. The number of piperidine rings is 1. The van der Waals surface area contributed by atoms with Crippen molar-refractivity contribution in [3.8, 4) is 0 Å². The van der Waals surface area contributed by atoms with Crippen molar-refractivity contribution < 1.29 is 9.84 Å². The van der Waals surface area contributed by atoms with E-state index in [0.717, 1.165) is 25.1 Å². The van der Waals surface area contributed by atoms with Gasteiger partial charge in [0.1, 0.15) is 18.0 Å². The second-order valence-electron chi connectivity index (χ2n) is 7.59. The summed E-state index contributed by atoms with van der Waals surface area (Å²) < 4.78 is 6.31. The quantitative estimate of drug-likeness (QED) is 0.693. The molecule has 0 aromatic carbocycles. The lowest BCUT2D eigenvalue weighted by molar-refractivity contribution is -0.0795. The molecule has 1 unspecified atom stereocenters. The Morgan fingerprint density at radius 3 is 3.10 bits per heavy atom. The van der Waals surface area contributed by atoms with Gasteiger partial charge in [0.15, 0.2) is 0 Å². The molecular formula is C18H23NO2. The zero-order chi connectivity index (χ0) is 14.4. The Labute approximate surface area is 126 Å². The first-order valence-electron chi connectivity index (χ1n) is 8.30. The maximum absolute atomic E-state index is 10.5. The first kappa shape index (κ1) is 12.5. The number of rotatable bonds is 0. The van der Waals surface area contributed by atoms with Gasteiger partial charge in [0, 0.05) is 22.9 Å². The summed E-state index contributed by atoms with van der Waals surface area (Å²) in [4.78, 5) is 2.53. The molecule has 3 heteroatoms. The fourth-order valence-corrected chi connectivity index (χ4v) is 5.71. The molecule has 5 rings (SSSR count). The summed E-state index contributed by atoms with van der Waals surface area (Å²) in [7, 11) is 2.26. The molecule has 2 saturated heterocycles. The van der Waals surface area contributed by atoms with Gasteiger partial charge in [-0.05, 0) is 44.8 Å². The molecule has 2 bridgehead atoms. The third-order valence-electron chi connectivity index (χ3n) is 6.75. The van der Waals surface area contributed by atoms with Gasteiger partial charge in [-0.25, -0.2) is 0 Å². The molecule has 0 aromatic heterocycles. The van der Waals surface area contributed by atoms with Crippen LogP contribution in [0.4, 0.5) is 0 Å². The summed E-state index contributed by atoms with van der Waals surface area (Å²) >= 11 is 0. The van der Waals surface area contributed by atoms with E-state index in [9.17, 15) is 5.11 Å². The highest BCUT2D eigenvalue weighted by Gasteiger charge is 2.65. The fourth-order valence-electron chi connectivity index (χ4n) is 5.71. The van der Waals surface area contributed by atoms with E-state index in [2.05, 4.69) is 31.0 Å². The molecule has 5 aliphatic rings. The number of hydrogen-bond donors (Lipinski definition) is 1. The molecule has 0 amide bonds. The van der Waals surface area contributed by atoms with Gasteiger partial charge in [-0.3, -0.25) is 0 Å². The van der Waals surface area contributed by atoms with Gasteiger partial charge in [0.25, 0.3) is 0 Å². The number of allylic oxidation sites excluding steroid dienone is 2. The molecule has 3 nitrogen and oxygen atoms in total. The topological polar surface area (TPSA) is 32.7 Å². The number of nitrogens with zero attached hydrogens (tertiary/aromatic N) is 1. The average molecular weight is 285 g/mol. The third-order valence-corrected chi connectivity index (χ3v) is 6.75. The van der Waals surface area contributed by atoms with Crippen LogP contribution in [0.3, 0.4) is 0 Å². The Bertz CT molecular complexity index is 604. The van der Waals surface area contributed by atoms with Gasteiger partial charge in [-0.1, -0.05) is 24.6 Å². The first-order chi connectivity index (χ1) is 10.1. The molecule has 112 valence electrons. The maximum Gasteiger partial charge on any atom is 0.138 e. The average Bonchev–Trinajstić information content (AvgIpc) is 2.81. The van der Waals surface area contributed by atoms with E-state index >= 15 is 0 Å². The SMILES string of the molecule is CC1CC=C2O[C@H]3[C@@H](O)C=C[C@H]4[C@H]5CC1=C2[C@]43CCN5C. The van der Waals surface area contributed by atoms with Crippen molar-refractivity contribution in [3.05, 3.63) is 35.1 Å². The predicted molar refractivity (Wildman–Crippen MR) is 80.5 cm³/mol. The Morgan fingerprint density at radius 1 is 1.38 bits per heavy atom. The minimum Gasteiger partial charge on any atom is -0.486 e. The third kappa shape index (κ3) is 1.29. The molecule has 1 spiro atoms. The largest absolute Gasteiger partial charge is 0.486 e. The molecule has 3 aliphatic carbocycles. The summed E-state index contributed by atoms with van der Waals surface area (Å²) in [5.41, 5.74) is 3.15. The lowest BCUT2D eigenvalue weighted by Crippen LogP contribution is -2.61. The summed E-state index contributed by atoms with van der Waals surface area (Å²) in [5, 5.41) is 10.5. The van der Waals surface area contributed by atoms with E-state index < -0.39 is 6.10 Å². The number of hydrogen-bond acceptors (Lipinski definition) is 3. The summed E-state index contributed by atoms with van der Waals surface area (Å²) in [6.45, 7) is 3.46. The standard InChI is InChI=1S/C18H23NO2/c1-10-3-6-15-16-11(10)9-13-12-4-5-14(20)17(21-15)18(12,16)7-8-19(13)2/h4-6,10,12-14,17,20H,3,7-9H2,1-2H3/t10?,12-,13+,14-,17-,18-/m0/s1. The molecule has 6 atom stereocenters. The van der Waals surface area contributed by atoms with Crippen molar-refractivity contribution in [2.75, 3.05) is 13.6 Å². The fraction of sp³-hybridized carbons (Fsp3) is 0.667. The van der Waals surface area contributed by atoms with Crippen molar-refractivity contribution in [1.29, 1.82) is 0 Å². The summed E-state index contributed by atoms with van der Waals surface area (Å²) in [6, 6.07) is 0.576. The zero-order valence-corrected chi connectivity index (χ0v) is 12.7. The lowest BCUT2D eigenvalue weighted by atomic mass is 9.51. The molecular weight excluding hydrogens is 262 g/mol. The van der Waals surface area contributed by atoms with Crippen LogP contribution >= 0.6 is 0 Å². The Morgan fingerprint density at radius 2 is 2.24 bits per heavy atom. The number of aliphatic hydroxyl groups is 1. The maximum atomic E-state index is 10.5. The van der Waals surface area contributed by atoms with Crippen LogP contribution in [0.15, 0.2) is 35.1 Å². The van der Waals surface area contributed by atoms with E-state index in [1.165, 1.54) is 12.0 Å². The van der Waals surface area contributed by atoms with Crippen molar-refractivity contribution in [1.82, 2.24) is 4.90 Å². The van der Waals surface area contributed by atoms with Crippen LogP contribution in [-0.2, 0) is 4.74 Å². The van der Waals surface area contributed by atoms with Crippen LogP contribution in [0.25, 0.3) is 0 Å². The van der Waals surface area contributed by atoms with Crippen molar-refractivity contribution >= 4 is 0 Å². The van der Waals surface area contributed by atoms with Gasteiger partial charge >= 0.3 is 0 Å². The van der Waals surface area contributed by atoms with Gasteiger partial charge in [0.2, 0.25) is 0 Å². The molecule has 21 heavy (non-hydrogen) atoms. The molecule has 2 fully saturated rings. The van der Waals surface area contributed by atoms with Gasteiger partial charge in [-0.2, -0.15) is 0 Å². The Hall–Kier alpha value is -1.06. The summed E-state index contributed by atoms with van der Waals surface area (Å²) in [6.07, 6.45) is 9.39.